The predicted molar refractivity (Wildman–Crippen MR) is 102 cm³/mol. The number of fused-ring (bicyclic) bond motifs is 2. The van der Waals surface area contributed by atoms with Crippen molar-refractivity contribution in [2.24, 2.45) is 4.99 Å². The van der Waals surface area contributed by atoms with E-state index in [0.29, 0.717) is 18.6 Å². The Bertz CT molecular complexity index is 958. The van der Waals surface area contributed by atoms with Crippen LogP contribution in [0.15, 0.2) is 38.8 Å². The van der Waals surface area contributed by atoms with Crippen molar-refractivity contribution in [3.63, 3.8) is 0 Å². The lowest BCUT2D eigenvalue weighted by molar-refractivity contribution is -0.116. The molecule has 2 aromatic rings. The summed E-state index contributed by atoms with van der Waals surface area (Å²) < 4.78 is 5.96. The first-order chi connectivity index (χ1) is 12.6. The standard InChI is InChI=1S/C22H24N2O2/c1-14-7-8-19-17(11-14)23-20(26-19)13-16-12-15-5-4-6-18(25)21(15)22(24-16)9-2-3-10-22/h7-8,11H,2-6,9-10,12-13H2,1H3. The molecule has 26 heavy (non-hydrogen) atoms. The molecular weight excluding hydrogens is 324 g/mol. The van der Waals surface area contributed by atoms with Gasteiger partial charge in [0.1, 0.15) is 5.52 Å². The average Bonchev–Trinajstić information content (AvgIpc) is 3.21. The fourth-order valence-corrected chi connectivity index (χ4v) is 5.08. The van der Waals surface area contributed by atoms with E-state index in [1.54, 1.807) is 0 Å². The predicted octanol–water partition coefficient (Wildman–Crippen LogP) is 4.89. The molecule has 2 heterocycles. The molecule has 1 aromatic heterocycles. The summed E-state index contributed by atoms with van der Waals surface area (Å²) in [6.45, 7) is 2.07. The molecule has 0 bridgehead atoms. The van der Waals surface area contributed by atoms with Crippen LogP contribution in [-0.4, -0.2) is 22.0 Å². The van der Waals surface area contributed by atoms with Crippen molar-refractivity contribution in [3.05, 3.63) is 40.8 Å². The maximum Gasteiger partial charge on any atom is 0.201 e. The summed E-state index contributed by atoms with van der Waals surface area (Å²) in [4.78, 5) is 22.5. The fraction of sp³-hybridized carbons (Fsp3) is 0.500. The number of benzene rings is 1. The Balaban J connectivity index is 1.50. The van der Waals surface area contributed by atoms with Crippen molar-refractivity contribution in [1.82, 2.24) is 4.98 Å². The molecule has 3 aliphatic rings. The van der Waals surface area contributed by atoms with Gasteiger partial charge in [0.15, 0.2) is 11.4 Å². The van der Waals surface area contributed by atoms with E-state index in [0.717, 1.165) is 60.4 Å². The number of aryl methyl sites for hydroxylation is 1. The Hall–Kier alpha value is -2.23. The summed E-state index contributed by atoms with van der Waals surface area (Å²) in [5.74, 6) is 1.09. The van der Waals surface area contributed by atoms with Gasteiger partial charge in [-0.3, -0.25) is 9.79 Å². The van der Waals surface area contributed by atoms with Crippen LogP contribution < -0.4 is 0 Å². The lowest BCUT2D eigenvalue weighted by Gasteiger charge is -2.37. The lowest BCUT2D eigenvalue weighted by atomic mass is 9.73. The molecule has 1 saturated carbocycles. The third kappa shape index (κ3) is 2.54. The Morgan fingerprint density at radius 1 is 1.15 bits per heavy atom. The van der Waals surface area contributed by atoms with Gasteiger partial charge in [-0.2, -0.15) is 0 Å². The zero-order chi connectivity index (χ0) is 17.7. The van der Waals surface area contributed by atoms with E-state index in [1.165, 1.54) is 24.0 Å². The number of hydrogen-bond donors (Lipinski definition) is 0. The monoisotopic (exact) mass is 348 g/mol. The molecule has 4 heteroatoms. The zero-order valence-electron chi connectivity index (χ0n) is 15.3. The molecule has 0 amide bonds. The summed E-state index contributed by atoms with van der Waals surface area (Å²) in [5.41, 5.74) is 6.28. The van der Waals surface area contributed by atoms with Crippen molar-refractivity contribution in [2.75, 3.05) is 0 Å². The number of aliphatic imine (C=N–C) groups is 1. The molecule has 2 aliphatic carbocycles. The number of ketones is 1. The first-order valence-corrected chi connectivity index (χ1v) is 9.82. The minimum absolute atomic E-state index is 0.233. The summed E-state index contributed by atoms with van der Waals surface area (Å²) >= 11 is 0. The molecule has 0 N–H and O–H groups in total. The quantitative estimate of drug-likeness (QED) is 0.777. The topological polar surface area (TPSA) is 55.5 Å². The number of hydrogen-bond acceptors (Lipinski definition) is 4. The van der Waals surface area contributed by atoms with Gasteiger partial charge in [0.2, 0.25) is 5.89 Å². The lowest BCUT2D eigenvalue weighted by Crippen LogP contribution is -2.38. The number of aromatic nitrogens is 1. The third-order valence-electron chi connectivity index (χ3n) is 6.14. The number of dihydropyridines is 1. The van der Waals surface area contributed by atoms with Gasteiger partial charge in [0.25, 0.3) is 0 Å². The van der Waals surface area contributed by atoms with Gasteiger partial charge in [-0.05, 0) is 50.3 Å². The van der Waals surface area contributed by atoms with E-state index < -0.39 is 0 Å². The highest BCUT2D eigenvalue weighted by Crippen LogP contribution is 2.47. The van der Waals surface area contributed by atoms with Crippen molar-refractivity contribution in [3.8, 4) is 0 Å². The van der Waals surface area contributed by atoms with E-state index in [9.17, 15) is 4.79 Å². The highest BCUT2D eigenvalue weighted by Gasteiger charge is 2.45. The largest absolute Gasteiger partial charge is 0.440 e. The number of rotatable bonds is 2. The summed E-state index contributed by atoms with van der Waals surface area (Å²) in [6, 6.07) is 6.10. The molecule has 1 aromatic carbocycles. The third-order valence-corrected chi connectivity index (χ3v) is 6.14. The summed E-state index contributed by atoms with van der Waals surface area (Å²) in [6.07, 6.45) is 8.60. The molecular formula is C22H24N2O2. The molecule has 0 saturated heterocycles. The highest BCUT2D eigenvalue weighted by molar-refractivity contribution is 6.03. The second kappa shape index (κ2) is 5.90. The maximum absolute atomic E-state index is 12.6. The van der Waals surface area contributed by atoms with E-state index in [1.807, 2.05) is 12.1 Å². The summed E-state index contributed by atoms with van der Waals surface area (Å²) in [7, 11) is 0. The number of Topliss-reactive ketones (excluding diaryl/α,β-unsaturated/α-hetero) is 1. The van der Waals surface area contributed by atoms with Crippen LogP contribution in [0.3, 0.4) is 0 Å². The molecule has 134 valence electrons. The van der Waals surface area contributed by atoms with Gasteiger partial charge >= 0.3 is 0 Å². The smallest absolute Gasteiger partial charge is 0.201 e. The normalized spacial score (nSPS) is 22.2. The molecule has 0 radical (unpaired) electrons. The van der Waals surface area contributed by atoms with Crippen molar-refractivity contribution < 1.29 is 9.21 Å². The molecule has 5 rings (SSSR count). The van der Waals surface area contributed by atoms with Gasteiger partial charge in [0.05, 0.1) is 12.0 Å². The number of nitrogens with zero attached hydrogens (tertiary/aromatic N) is 2. The van der Waals surface area contributed by atoms with Gasteiger partial charge in [0, 0.05) is 24.1 Å². The van der Waals surface area contributed by atoms with Gasteiger partial charge < -0.3 is 4.42 Å². The van der Waals surface area contributed by atoms with Crippen LogP contribution in [0, 0.1) is 6.92 Å². The molecule has 0 atom stereocenters. The number of allylic oxidation sites excluding steroid dienone is 1. The zero-order valence-corrected chi connectivity index (χ0v) is 15.3. The van der Waals surface area contributed by atoms with Crippen LogP contribution in [0.1, 0.15) is 62.8 Å². The maximum atomic E-state index is 12.6. The fourth-order valence-electron chi connectivity index (χ4n) is 5.08. The van der Waals surface area contributed by atoms with E-state index in [2.05, 4.69) is 18.0 Å². The van der Waals surface area contributed by atoms with Crippen LogP contribution >= 0.6 is 0 Å². The van der Waals surface area contributed by atoms with E-state index >= 15 is 0 Å². The van der Waals surface area contributed by atoms with Crippen molar-refractivity contribution in [1.29, 1.82) is 0 Å². The number of oxazole rings is 1. The van der Waals surface area contributed by atoms with Crippen LogP contribution in [0.25, 0.3) is 11.1 Å². The van der Waals surface area contributed by atoms with Gasteiger partial charge in [-0.25, -0.2) is 4.98 Å². The molecule has 4 nitrogen and oxygen atoms in total. The second-order valence-corrected chi connectivity index (χ2v) is 8.10. The van der Waals surface area contributed by atoms with Crippen LogP contribution in [0.2, 0.25) is 0 Å². The van der Waals surface area contributed by atoms with Gasteiger partial charge in [-0.15, -0.1) is 0 Å². The molecule has 1 fully saturated rings. The van der Waals surface area contributed by atoms with Crippen LogP contribution in [0.5, 0.6) is 0 Å². The Morgan fingerprint density at radius 3 is 2.85 bits per heavy atom. The van der Waals surface area contributed by atoms with E-state index in [-0.39, 0.29) is 5.54 Å². The summed E-state index contributed by atoms with van der Waals surface area (Å²) in [5, 5.41) is 0. The Morgan fingerprint density at radius 2 is 2.00 bits per heavy atom. The number of carbonyl (C=O) groups is 1. The van der Waals surface area contributed by atoms with Gasteiger partial charge in [-0.1, -0.05) is 24.5 Å². The second-order valence-electron chi connectivity index (χ2n) is 8.10. The van der Waals surface area contributed by atoms with Crippen molar-refractivity contribution >= 4 is 22.6 Å². The number of carbonyl (C=O) groups excluding carboxylic acids is 1. The minimum atomic E-state index is -0.233. The first-order valence-electron chi connectivity index (χ1n) is 9.82. The van der Waals surface area contributed by atoms with E-state index in [4.69, 9.17) is 9.41 Å². The van der Waals surface area contributed by atoms with Crippen molar-refractivity contribution in [2.45, 2.75) is 70.3 Å². The molecule has 1 spiro atoms. The highest BCUT2D eigenvalue weighted by atomic mass is 16.3. The Labute approximate surface area is 153 Å². The first kappa shape index (κ1) is 16.0. The average molecular weight is 348 g/mol. The van der Waals surface area contributed by atoms with Crippen LogP contribution in [-0.2, 0) is 11.2 Å². The van der Waals surface area contributed by atoms with Crippen LogP contribution in [0.4, 0.5) is 0 Å². The molecule has 1 aliphatic heterocycles. The molecule has 0 unspecified atom stereocenters. The SMILES string of the molecule is Cc1ccc2oc(CC3=NC4(CCCC4)C4=C(CCCC4=O)C3)nc2c1. The Kier molecular flexibility index (Phi) is 3.63. The minimum Gasteiger partial charge on any atom is -0.440 e.